The topological polar surface area (TPSA) is 56.8 Å². The van der Waals surface area contributed by atoms with E-state index in [9.17, 15) is 4.79 Å². The summed E-state index contributed by atoms with van der Waals surface area (Å²) in [6.45, 7) is 9.12. The maximum absolute atomic E-state index is 12.3. The molecule has 6 nitrogen and oxygen atoms in total. The van der Waals surface area contributed by atoms with Gasteiger partial charge in [0.2, 0.25) is 0 Å². The first-order valence-corrected chi connectivity index (χ1v) is 9.86. The molecule has 2 aliphatic heterocycles. The number of carbonyl (C=O) groups is 1. The Kier molecular flexibility index (Phi) is 7.29. The fourth-order valence-corrected chi connectivity index (χ4v) is 3.83. The quantitative estimate of drug-likeness (QED) is 0.779. The summed E-state index contributed by atoms with van der Waals surface area (Å²) in [6, 6.07) is 11.0. The molecule has 2 saturated heterocycles. The number of hydrogen-bond acceptors (Lipinski definition) is 4. The molecule has 2 aliphatic rings. The van der Waals surface area contributed by atoms with Crippen molar-refractivity contribution < 1.29 is 9.53 Å². The van der Waals surface area contributed by atoms with E-state index in [-0.39, 0.29) is 12.1 Å². The minimum absolute atomic E-state index is 0.0785. The Labute approximate surface area is 156 Å². The summed E-state index contributed by atoms with van der Waals surface area (Å²) >= 11 is 0. The number of nitrogens with zero attached hydrogens (tertiary/aromatic N) is 2. The van der Waals surface area contributed by atoms with Crippen LogP contribution in [0.4, 0.5) is 4.79 Å². The van der Waals surface area contributed by atoms with Gasteiger partial charge in [-0.15, -0.1) is 0 Å². The Morgan fingerprint density at radius 2 is 1.65 bits per heavy atom. The van der Waals surface area contributed by atoms with E-state index in [4.69, 9.17) is 4.74 Å². The molecule has 2 atom stereocenters. The monoisotopic (exact) mass is 360 g/mol. The first-order valence-electron chi connectivity index (χ1n) is 9.86. The number of rotatable bonds is 7. The van der Waals surface area contributed by atoms with Crippen LogP contribution in [0.1, 0.15) is 31.4 Å². The van der Waals surface area contributed by atoms with Gasteiger partial charge in [0, 0.05) is 32.2 Å². The van der Waals surface area contributed by atoms with Crippen LogP contribution in [0.2, 0.25) is 0 Å². The predicted octanol–water partition coefficient (Wildman–Crippen LogP) is 1.84. The fourth-order valence-electron chi connectivity index (χ4n) is 3.83. The Hall–Kier alpha value is -1.63. The number of benzene rings is 1. The Balaban J connectivity index is 1.46. The summed E-state index contributed by atoms with van der Waals surface area (Å²) in [7, 11) is 0. The van der Waals surface area contributed by atoms with Crippen molar-refractivity contribution in [2.24, 2.45) is 0 Å². The van der Waals surface area contributed by atoms with Gasteiger partial charge in [0.15, 0.2) is 0 Å². The van der Waals surface area contributed by atoms with Crippen LogP contribution < -0.4 is 10.6 Å². The number of ether oxygens (including phenoxy) is 1. The second-order valence-electron chi connectivity index (χ2n) is 7.26. The molecule has 0 saturated carbocycles. The molecule has 2 heterocycles. The summed E-state index contributed by atoms with van der Waals surface area (Å²) in [5.74, 6) is 0. The molecular formula is C20H32N4O2. The Morgan fingerprint density at radius 1 is 1.00 bits per heavy atom. The summed E-state index contributed by atoms with van der Waals surface area (Å²) in [5, 5.41) is 6.11. The number of likely N-dealkylation sites (tertiary alicyclic amines) is 1. The van der Waals surface area contributed by atoms with E-state index in [0.717, 1.165) is 39.4 Å². The average Bonchev–Trinajstić information content (AvgIpc) is 3.22. The molecule has 0 aliphatic carbocycles. The second-order valence-corrected chi connectivity index (χ2v) is 7.26. The highest BCUT2D eigenvalue weighted by Crippen LogP contribution is 2.24. The normalized spacial score (nSPS) is 21.3. The van der Waals surface area contributed by atoms with E-state index in [1.807, 2.05) is 6.07 Å². The molecule has 26 heavy (non-hydrogen) atoms. The highest BCUT2D eigenvalue weighted by atomic mass is 16.5. The van der Waals surface area contributed by atoms with Gasteiger partial charge in [-0.3, -0.25) is 9.80 Å². The number of morpholine rings is 1. The van der Waals surface area contributed by atoms with Gasteiger partial charge in [-0.1, -0.05) is 30.3 Å². The third kappa shape index (κ3) is 5.43. The SMILES string of the molecule is CC(CNC(=O)NCC(c1ccccc1)N1CCCC1)N1CCOCC1. The van der Waals surface area contributed by atoms with E-state index < -0.39 is 0 Å². The molecule has 144 valence electrons. The van der Waals surface area contributed by atoms with Crippen LogP contribution in [-0.2, 0) is 4.74 Å². The first kappa shape index (κ1) is 19.1. The molecule has 2 amide bonds. The van der Waals surface area contributed by atoms with Crippen LogP contribution >= 0.6 is 0 Å². The van der Waals surface area contributed by atoms with E-state index in [1.165, 1.54) is 18.4 Å². The largest absolute Gasteiger partial charge is 0.379 e. The molecule has 2 fully saturated rings. The van der Waals surface area contributed by atoms with Gasteiger partial charge >= 0.3 is 6.03 Å². The molecular weight excluding hydrogens is 328 g/mol. The van der Waals surface area contributed by atoms with Gasteiger partial charge in [0.1, 0.15) is 0 Å². The lowest BCUT2D eigenvalue weighted by Crippen LogP contribution is -2.49. The molecule has 3 rings (SSSR count). The Morgan fingerprint density at radius 3 is 2.35 bits per heavy atom. The van der Waals surface area contributed by atoms with Crippen molar-refractivity contribution in [1.29, 1.82) is 0 Å². The van der Waals surface area contributed by atoms with Crippen LogP contribution in [0.15, 0.2) is 30.3 Å². The van der Waals surface area contributed by atoms with Crippen LogP contribution in [0.25, 0.3) is 0 Å². The first-order chi connectivity index (χ1) is 12.7. The molecule has 0 bridgehead atoms. The number of amides is 2. The molecule has 1 aromatic rings. The summed E-state index contributed by atoms with van der Waals surface area (Å²) in [5.41, 5.74) is 1.27. The maximum Gasteiger partial charge on any atom is 0.314 e. The summed E-state index contributed by atoms with van der Waals surface area (Å²) < 4.78 is 5.39. The minimum atomic E-state index is -0.0785. The Bertz CT molecular complexity index is 542. The van der Waals surface area contributed by atoms with Gasteiger partial charge in [-0.05, 0) is 38.4 Å². The standard InChI is InChI=1S/C20H32N4O2/c1-17(23-11-13-26-14-12-23)15-21-20(25)22-16-19(24-9-5-6-10-24)18-7-3-2-4-8-18/h2-4,7-8,17,19H,5-6,9-16H2,1H3,(H2,21,22,25). The predicted molar refractivity (Wildman–Crippen MR) is 103 cm³/mol. The zero-order chi connectivity index (χ0) is 18.2. The number of urea groups is 1. The summed E-state index contributed by atoms with van der Waals surface area (Å²) in [4.78, 5) is 17.1. The molecule has 0 spiro atoms. The minimum Gasteiger partial charge on any atom is -0.379 e. The molecule has 6 heteroatoms. The van der Waals surface area contributed by atoms with E-state index in [1.54, 1.807) is 0 Å². The van der Waals surface area contributed by atoms with Crippen LogP contribution in [0, 0.1) is 0 Å². The van der Waals surface area contributed by atoms with Crippen molar-refractivity contribution >= 4 is 6.03 Å². The molecule has 1 aromatic carbocycles. The van der Waals surface area contributed by atoms with E-state index >= 15 is 0 Å². The molecule has 0 aromatic heterocycles. The van der Waals surface area contributed by atoms with Gasteiger partial charge in [-0.2, -0.15) is 0 Å². The average molecular weight is 361 g/mol. The van der Waals surface area contributed by atoms with Crippen molar-refractivity contribution in [2.75, 3.05) is 52.5 Å². The zero-order valence-electron chi connectivity index (χ0n) is 15.8. The number of carbonyl (C=O) groups excluding carboxylic acids is 1. The van der Waals surface area contributed by atoms with Crippen molar-refractivity contribution in [3.63, 3.8) is 0 Å². The molecule has 0 radical (unpaired) electrons. The summed E-state index contributed by atoms with van der Waals surface area (Å²) in [6.07, 6.45) is 2.49. The van der Waals surface area contributed by atoms with Gasteiger partial charge < -0.3 is 15.4 Å². The van der Waals surface area contributed by atoms with Gasteiger partial charge in [-0.25, -0.2) is 4.79 Å². The number of nitrogens with one attached hydrogen (secondary N) is 2. The van der Waals surface area contributed by atoms with Crippen molar-refractivity contribution in [3.8, 4) is 0 Å². The van der Waals surface area contributed by atoms with E-state index in [0.29, 0.717) is 19.1 Å². The lowest BCUT2D eigenvalue weighted by molar-refractivity contribution is 0.0209. The van der Waals surface area contributed by atoms with Gasteiger partial charge in [0.05, 0.1) is 19.3 Å². The maximum atomic E-state index is 12.3. The number of hydrogen-bond donors (Lipinski definition) is 2. The lowest BCUT2D eigenvalue weighted by atomic mass is 10.1. The van der Waals surface area contributed by atoms with E-state index in [2.05, 4.69) is 51.6 Å². The smallest absolute Gasteiger partial charge is 0.314 e. The van der Waals surface area contributed by atoms with Gasteiger partial charge in [0.25, 0.3) is 0 Å². The lowest BCUT2D eigenvalue weighted by Gasteiger charge is -2.32. The fraction of sp³-hybridized carbons (Fsp3) is 0.650. The third-order valence-electron chi connectivity index (χ3n) is 5.45. The van der Waals surface area contributed by atoms with Crippen LogP contribution in [-0.4, -0.2) is 74.4 Å². The van der Waals surface area contributed by atoms with Crippen molar-refractivity contribution in [3.05, 3.63) is 35.9 Å². The van der Waals surface area contributed by atoms with Crippen molar-refractivity contribution in [2.45, 2.75) is 31.8 Å². The highest BCUT2D eigenvalue weighted by Gasteiger charge is 2.24. The molecule has 2 N–H and O–H groups in total. The highest BCUT2D eigenvalue weighted by molar-refractivity contribution is 5.73. The van der Waals surface area contributed by atoms with Crippen LogP contribution in [0.5, 0.6) is 0 Å². The zero-order valence-corrected chi connectivity index (χ0v) is 15.8. The third-order valence-corrected chi connectivity index (χ3v) is 5.45. The molecule has 2 unspecified atom stereocenters. The van der Waals surface area contributed by atoms with Crippen LogP contribution in [0.3, 0.4) is 0 Å². The second kappa shape index (κ2) is 9.90. The van der Waals surface area contributed by atoms with Crippen molar-refractivity contribution in [1.82, 2.24) is 20.4 Å².